The van der Waals surface area contributed by atoms with Crippen molar-refractivity contribution >= 4 is 23.2 Å². The van der Waals surface area contributed by atoms with E-state index in [1.54, 1.807) is 11.3 Å². The molecule has 0 spiro atoms. The first-order chi connectivity index (χ1) is 7.06. The predicted molar refractivity (Wildman–Crippen MR) is 61.4 cm³/mol. The number of nitrogen functional groups attached to an aromatic ring is 2. The van der Waals surface area contributed by atoms with Gasteiger partial charge < -0.3 is 11.5 Å². The largest absolute Gasteiger partial charge is 0.368 e. The lowest BCUT2D eigenvalue weighted by Gasteiger charge is -1.98. The molecule has 6 heteroatoms. The first-order valence-corrected chi connectivity index (χ1v) is 5.22. The van der Waals surface area contributed by atoms with Crippen LogP contribution in [0.1, 0.15) is 10.4 Å². The molecular weight excluding hydrogens is 210 g/mol. The van der Waals surface area contributed by atoms with Crippen molar-refractivity contribution in [3.8, 4) is 10.7 Å². The van der Waals surface area contributed by atoms with Crippen molar-refractivity contribution in [3.05, 3.63) is 16.5 Å². The molecule has 0 aliphatic heterocycles. The quantitative estimate of drug-likeness (QED) is 0.759. The standard InChI is InChI=1S/C9H11N5S/c1-4-3-6(15-5(4)2)7-12-8(10)14-9(11)13-7/h3H,1-2H3,(H4,10,11,12,13,14). The van der Waals surface area contributed by atoms with Crippen molar-refractivity contribution in [1.82, 2.24) is 15.0 Å². The molecule has 2 aromatic rings. The second-order valence-corrected chi connectivity index (χ2v) is 4.48. The molecule has 2 rings (SSSR count). The van der Waals surface area contributed by atoms with Gasteiger partial charge in [-0.3, -0.25) is 0 Å². The first kappa shape index (κ1) is 9.85. The third kappa shape index (κ3) is 1.89. The van der Waals surface area contributed by atoms with Crippen molar-refractivity contribution in [2.75, 3.05) is 11.5 Å². The van der Waals surface area contributed by atoms with Crippen LogP contribution < -0.4 is 11.5 Å². The molecule has 0 aromatic carbocycles. The molecule has 4 N–H and O–H groups in total. The summed E-state index contributed by atoms with van der Waals surface area (Å²) in [6.45, 7) is 4.10. The normalized spacial score (nSPS) is 10.5. The number of thiophene rings is 1. The number of nitrogens with two attached hydrogens (primary N) is 2. The summed E-state index contributed by atoms with van der Waals surface area (Å²) in [5.41, 5.74) is 12.2. The molecular formula is C9H11N5S. The maximum Gasteiger partial charge on any atom is 0.225 e. The van der Waals surface area contributed by atoms with Gasteiger partial charge in [0.05, 0.1) is 4.88 Å². The van der Waals surface area contributed by atoms with E-state index in [0.29, 0.717) is 5.82 Å². The molecule has 0 unspecified atom stereocenters. The molecule has 0 atom stereocenters. The van der Waals surface area contributed by atoms with Gasteiger partial charge in [0.15, 0.2) is 5.82 Å². The van der Waals surface area contributed by atoms with Gasteiger partial charge in [0.1, 0.15) is 0 Å². The Morgan fingerprint density at radius 3 is 2.13 bits per heavy atom. The molecule has 0 aliphatic rings. The van der Waals surface area contributed by atoms with Gasteiger partial charge in [-0.25, -0.2) is 0 Å². The highest BCUT2D eigenvalue weighted by molar-refractivity contribution is 7.15. The zero-order valence-electron chi connectivity index (χ0n) is 8.48. The molecule has 78 valence electrons. The number of hydrogen-bond donors (Lipinski definition) is 2. The van der Waals surface area contributed by atoms with Crippen molar-refractivity contribution in [2.24, 2.45) is 0 Å². The van der Waals surface area contributed by atoms with Gasteiger partial charge in [0.2, 0.25) is 11.9 Å². The molecule has 2 aromatic heterocycles. The van der Waals surface area contributed by atoms with Crippen LogP contribution in [0.25, 0.3) is 10.7 Å². The van der Waals surface area contributed by atoms with E-state index >= 15 is 0 Å². The molecule has 5 nitrogen and oxygen atoms in total. The van der Waals surface area contributed by atoms with E-state index in [0.717, 1.165) is 4.88 Å². The fraction of sp³-hybridized carbons (Fsp3) is 0.222. The number of hydrogen-bond acceptors (Lipinski definition) is 6. The highest BCUT2D eigenvalue weighted by atomic mass is 32.1. The van der Waals surface area contributed by atoms with E-state index in [1.807, 2.05) is 13.0 Å². The molecule has 0 aliphatic carbocycles. The summed E-state index contributed by atoms with van der Waals surface area (Å²) in [4.78, 5) is 14.0. The second-order valence-electron chi connectivity index (χ2n) is 3.23. The maximum atomic E-state index is 5.50. The Kier molecular flexibility index (Phi) is 2.28. The summed E-state index contributed by atoms with van der Waals surface area (Å²) in [6, 6.07) is 2.02. The summed E-state index contributed by atoms with van der Waals surface area (Å²) in [6.07, 6.45) is 0. The van der Waals surface area contributed by atoms with Gasteiger partial charge in [-0.05, 0) is 25.5 Å². The Balaban J connectivity index is 2.53. The van der Waals surface area contributed by atoms with E-state index in [1.165, 1.54) is 10.4 Å². The van der Waals surface area contributed by atoms with Gasteiger partial charge in [-0.15, -0.1) is 11.3 Å². The number of nitrogens with zero attached hydrogens (tertiary/aromatic N) is 3. The molecule has 2 heterocycles. The van der Waals surface area contributed by atoms with Gasteiger partial charge in [0.25, 0.3) is 0 Å². The van der Waals surface area contributed by atoms with Crippen molar-refractivity contribution < 1.29 is 0 Å². The van der Waals surface area contributed by atoms with Crippen LogP contribution in [0, 0.1) is 13.8 Å². The number of aromatic nitrogens is 3. The number of aryl methyl sites for hydroxylation is 2. The zero-order valence-corrected chi connectivity index (χ0v) is 9.30. The third-order valence-electron chi connectivity index (χ3n) is 2.06. The van der Waals surface area contributed by atoms with E-state index in [4.69, 9.17) is 11.5 Å². The smallest absolute Gasteiger partial charge is 0.225 e. The fourth-order valence-corrected chi connectivity index (χ4v) is 2.17. The fourth-order valence-electron chi connectivity index (χ4n) is 1.20. The Labute approximate surface area is 91.2 Å². The first-order valence-electron chi connectivity index (χ1n) is 4.40. The lowest BCUT2D eigenvalue weighted by molar-refractivity contribution is 1.09. The topological polar surface area (TPSA) is 90.7 Å². The summed E-state index contributed by atoms with van der Waals surface area (Å²) >= 11 is 1.62. The minimum absolute atomic E-state index is 0.154. The Morgan fingerprint density at radius 1 is 1.07 bits per heavy atom. The molecule has 0 saturated carbocycles. The van der Waals surface area contributed by atoms with E-state index < -0.39 is 0 Å². The van der Waals surface area contributed by atoms with Crippen LogP contribution in [0.15, 0.2) is 6.07 Å². The average molecular weight is 221 g/mol. The van der Waals surface area contributed by atoms with Crippen LogP contribution >= 0.6 is 11.3 Å². The van der Waals surface area contributed by atoms with Crippen LogP contribution in [0.4, 0.5) is 11.9 Å². The van der Waals surface area contributed by atoms with Crippen LogP contribution in [0.5, 0.6) is 0 Å². The average Bonchev–Trinajstić information content (AvgIpc) is 2.45. The summed E-state index contributed by atoms with van der Waals surface area (Å²) in [5.74, 6) is 0.851. The molecule has 15 heavy (non-hydrogen) atoms. The number of anilines is 2. The van der Waals surface area contributed by atoms with Crippen molar-refractivity contribution in [3.63, 3.8) is 0 Å². The summed E-state index contributed by atoms with van der Waals surface area (Å²) in [5, 5.41) is 0. The lowest BCUT2D eigenvalue weighted by Crippen LogP contribution is -2.03. The Morgan fingerprint density at radius 2 is 1.67 bits per heavy atom. The van der Waals surface area contributed by atoms with Crippen LogP contribution in [0.3, 0.4) is 0 Å². The number of rotatable bonds is 1. The van der Waals surface area contributed by atoms with Crippen molar-refractivity contribution in [1.29, 1.82) is 0 Å². The van der Waals surface area contributed by atoms with Crippen LogP contribution in [-0.4, -0.2) is 15.0 Å². The molecule has 0 fully saturated rings. The molecule has 0 saturated heterocycles. The highest BCUT2D eigenvalue weighted by Crippen LogP contribution is 2.28. The minimum Gasteiger partial charge on any atom is -0.368 e. The van der Waals surface area contributed by atoms with Gasteiger partial charge >= 0.3 is 0 Å². The van der Waals surface area contributed by atoms with Crippen molar-refractivity contribution in [2.45, 2.75) is 13.8 Å². The van der Waals surface area contributed by atoms with E-state index in [2.05, 4.69) is 21.9 Å². The third-order valence-corrected chi connectivity index (χ3v) is 3.20. The van der Waals surface area contributed by atoms with Gasteiger partial charge in [-0.2, -0.15) is 15.0 Å². The molecule has 0 amide bonds. The SMILES string of the molecule is Cc1cc(-c2nc(N)nc(N)n2)sc1C. The summed E-state index contributed by atoms with van der Waals surface area (Å²) < 4.78 is 0. The molecule has 0 bridgehead atoms. The second kappa shape index (κ2) is 3.47. The zero-order chi connectivity index (χ0) is 11.0. The highest BCUT2D eigenvalue weighted by Gasteiger charge is 2.08. The minimum atomic E-state index is 0.154. The monoisotopic (exact) mass is 221 g/mol. The maximum absolute atomic E-state index is 5.50. The van der Waals surface area contributed by atoms with E-state index in [-0.39, 0.29) is 11.9 Å². The lowest BCUT2D eigenvalue weighted by atomic mass is 10.3. The predicted octanol–water partition coefficient (Wildman–Crippen LogP) is 1.38. The Bertz CT molecular complexity index is 465. The molecule has 0 radical (unpaired) electrons. The van der Waals surface area contributed by atoms with Crippen LogP contribution in [-0.2, 0) is 0 Å². The summed E-state index contributed by atoms with van der Waals surface area (Å²) in [7, 11) is 0. The van der Waals surface area contributed by atoms with Gasteiger partial charge in [0, 0.05) is 4.88 Å². The van der Waals surface area contributed by atoms with Crippen LogP contribution in [0.2, 0.25) is 0 Å². The van der Waals surface area contributed by atoms with Gasteiger partial charge in [-0.1, -0.05) is 0 Å². The Hall–Kier alpha value is -1.69. The van der Waals surface area contributed by atoms with E-state index in [9.17, 15) is 0 Å².